The molecule has 3 atom stereocenters. The van der Waals surface area contributed by atoms with Crippen LogP contribution in [0.15, 0.2) is 0 Å². The fourth-order valence-electron chi connectivity index (χ4n) is 2.72. The second-order valence-electron chi connectivity index (χ2n) is 5.16. The van der Waals surface area contributed by atoms with E-state index in [0.29, 0.717) is 6.61 Å². The van der Waals surface area contributed by atoms with Crippen molar-refractivity contribution in [3.63, 3.8) is 0 Å². The molecule has 1 saturated heterocycles. The van der Waals surface area contributed by atoms with Gasteiger partial charge >= 0.3 is 5.97 Å². The zero-order chi connectivity index (χ0) is 12.8. The van der Waals surface area contributed by atoms with E-state index in [1.807, 2.05) is 0 Å². The Balaban J connectivity index is 2.26. The Labute approximate surface area is 100 Å². The molecule has 2 fully saturated rings. The topological polar surface area (TPSA) is 61.8 Å². The summed E-state index contributed by atoms with van der Waals surface area (Å²) in [5.41, 5.74) is -0.896. The maximum Gasteiger partial charge on any atom is 0.312 e. The standard InChI is InChI=1S/C12H18O5/c1-5-15-10(14)7-6-8(13)9-12(7,4)17-11(2,3)16-9/h7,9H,5-6H2,1-4H3/t7-,9?,12?/m1/s1. The van der Waals surface area contributed by atoms with Crippen molar-refractivity contribution in [1.82, 2.24) is 0 Å². The molecule has 0 aromatic rings. The van der Waals surface area contributed by atoms with Crippen LogP contribution in [-0.2, 0) is 23.8 Å². The van der Waals surface area contributed by atoms with Gasteiger partial charge in [-0.15, -0.1) is 0 Å². The number of carbonyl (C=O) groups excluding carboxylic acids is 2. The van der Waals surface area contributed by atoms with E-state index in [1.165, 1.54) is 0 Å². The molecule has 0 N–H and O–H groups in total. The highest BCUT2D eigenvalue weighted by Gasteiger charge is 2.64. The number of hydrogen-bond donors (Lipinski definition) is 0. The van der Waals surface area contributed by atoms with Crippen LogP contribution in [0, 0.1) is 5.92 Å². The average molecular weight is 242 g/mol. The van der Waals surface area contributed by atoms with Crippen LogP contribution in [0.2, 0.25) is 0 Å². The number of fused-ring (bicyclic) bond motifs is 1. The summed E-state index contributed by atoms with van der Waals surface area (Å²) < 4.78 is 16.3. The highest BCUT2D eigenvalue weighted by Crippen LogP contribution is 2.48. The molecular formula is C12H18O5. The van der Waals surface area contributed by atoms with Crippen molar-refractivity contribution in [2.45, 2.75) is 51.6 Å². The summed E-state index contributed by atoms with van der Waals surface area (Å²) in [6, 6.07) is 0. The second-order valence-corrected chi connectivity index (χ2v) is 5.16. The van der Waals surface area contributed by atoms with E-state index in [0.717, 1.165) is 0 Å². The van der Waals surface area contributed by atoms with Gasteiger partial charge in [-0.05, 0) is 27.7 Å². The van der Waals surface area contributed by atoms with Gasteiger partial charge in [0.15, 0.2) is 11.6 Å². The van der Waals surface area contributed by atoms with Crippen molar-refractivity contribution in [1.29, 1.82) is 0 Å². The lowest BCUT2D eigenvalue weighted by molar-refractivity contribution is -0.185. The van der Waals surface area contributed by atoms with Crippen LogP contribution in [0.5, 0.6) is 0 Å². The number of hydrogen-bond acceptors (Lipinski definition) is 5. The first-order valence-corrected chi connectivity index (χ1v) is 5.87. The smallest absolute Gasteiger partial charge is 0.312 e. The quantitative estimate of drug-likeness (QED) is 0.677. The van der Waals surface area contributed by atoms with Gasteiger partial charge in [-0.1, -0.05) is 0 Å². The van der Waals surface area contributed by atoms with Gasteiger partial charge in [0, 0.05) is 6.42 Å². The Morgan fingerprint density at radius 2 is 2.12 bits per heavy atom. The number of ketones is 1. The van der Waals surface area contributed by atoms with Crippen LogP contribution >= 0.6 is 0 Å². The maximum atomic E-state index is 11.9. The Hall–Kier alpha value is -0.940. The molecule has 2 aliphatic rings. The van der Waals surface area contributed by atoms with Gasteiger partial charge in [-0.25, -0.2) is 0 Å². The lowest BCUT2D eigenvalue weighted by Crippen LogP contribution is -2.43. The van der Waals surface area contributed by atoms with Crippen molar-refractivity contribution in [2.75, 3.05) is 6.61 Å². The zero-order valence-corrected chi connectivity index (χ0v) is 10.6. The summed E-state index contributed by atoms with van der Waals surface area (Å²) in [6.45, 7) is 7.27. The third-order valence-corrected chi connectivity index (χ3v) is 3.35. The van der Waals surface area contributed by atoms with Crippen LogP contribution < -0.4 is 0 Å². The molecule has 17 heavy (non-hydrogen) atoms. The lowest BCUT2D eigenvalue weighted by atomic mass is 9.91. The third kappa shape index (κ3) is 1.87. The van der Waals surface area contributed by atoms with Crippen LogP contribution in [0.4, 0.5) is 0 Å². The lowest BCUT2D eigenvalue weighted by Gasteiger charge is -2.28. The molecule has 1 heterocycles. The van der Waals surface area contributed by atoms with Gasteiger partial charge in [0.05, 0.1) is 12.5 Å². The van der Waals surface area contributed by atoms with Gasteiger partial charge in [0.2, 0.25) is 0 Å². The summed E-state index contributed by atoms with van der Waals surface area (Å²) in [4.78, 5) is 23.7. The fraction of sp³-hybridized carbons (Fsp3) is 0.833. The highest BCUT2D eigenvalue weighted by atomic mass is 16.8. The predicted molar refractivity (Wildman–Crippen MR) is 58.2 cm³/mol. The van der Waals surface area contributed by atoms with Crippen LogP contribution in [0.25, 0.3) is 0 Å². The molecule has 96 valence electrons. The molecule has 0 radical (unpaired) electrons. The normalized spacial score (nSPS) is 39.2. The molecule has 1 aliphatic carbocycles. The molecule has 0 aromatic carbocycles. The minimum absolute atomic E-state index is 0.0869. The maximum absolute atomic E-state index is 11.9. The third-order valence-electron chi connectivity index (χ3n) is 3.35. The predicted octanol–water partition coefficient (Wildman–Crippen LogP) is 1.05. The van der Waals surface area contributed by atoms with E-state index in [2.05, 4.69) is 0 Å². The van der Waals surface area contributed by atoms with E-state index in [4.69, 9.17) is 14.2 Å². The zero-order valence-electron chi connectivity index (χ0n) is 10.6. The van der Waals surface area contributed by atoms with Gasteiger partial charge in [-0.2, -0.15) is 0 Å². The van der Waals surface area contributed by atoms with E-state index >= 15 is 0 Å². The van der Waals surface area contributed by atoms with Crippen molar-refractivity contribution >= 4 is 11.8 Å². The molecule has 1 saturated carbocycles. The van der Waals surface area contributed by atoms with E-state index in [1.54, 1.807) is 27.7 Å². The molecule has 0 amide bonds. The first-order valence-electron chi connectivity index (χ1n) is 5.87. The molecular weight excluding hydrogens is 224 g/mol. The summed E-state index contributed by atoms with van der Waals surface area (Å²) in [5, 5.41) is 0. The number of rotatable bonds is 2. The Morgan fingerprint density at radius 3 is 2.71 bits per heavy atom. The van der Waals surface area contributed by atoms with Crippen LogP contribution in [0.3, 0.4) is 0 Å². The molecule has 5 nitrogen and oxygen atoms in total. The van der Waals surface area contributed by atoms with Crippen molar-refractivity contribution < 1.29 is 23.8 Å². The van der Waals surface area contributed by atoms with E-state index in [-0.39, 0.29) is 18.2 Å². The molecule has 2 rings (SSSR count). The van der Waals surface area contributed by atoms with Gasteiger partial charge < -0.3 is 14.2 Å². The summed E-state index contributed by atoms with van der Waals surface area (Å²) >= 11 is 0. The molecule has 2 unspecified atom stereocenters. The Bertz CT molecular complexity index is 362. The fourth-order valence-corrected chi connectivity index (χ4v) is 2.72. The molecule has 5 heteroatoms. The highest BCUT2D eigenvalue weighted by molar-refractivity contribution is 5.94. The van der Waals surface area contributed by atoms with Crippen molar-refractivity contribution in [3.05, 3.63) is 0 Å². The van der Waals surface area contributed by atoms with Crippen molar-refractivity contribution in [2.24, 2.45) is 5.92 Å². The Morgan fingerprint density at radius 1 is 1.47 bits per heavy atom. The summed E-state index contributed by atoms with van der Waals surface area (Å²) in [5.74, 6) is -1.87. The number of carbonyl (C=O) groups is 2. The summed E-state index contributed by atoms with van der Waals surface area (Å²) in [7, 11) is 0. The van der Waals surface area contributed by atoms with Crippen molar-refractivity contribution in [3.8, 4) is 0 Å². The first-order chi connectivity index (χ1) is 7.80. The molecule has 0 aromatic heterocycles. The second kappa shape index (κ2) is 3.78. The largest absolute Gasteiger partial charge is 0.466 e. The number of Topliss-reactive ketones (excluding diaryl/α,β-unsaturated/α-hetero) is 1. The molecule has 1 aliphatic heterocycles. The van der Waals surface area contributed by atoms with Crippen LogP contribution in [-0.4, -0.2) is 35.9 Å². The Kier molecular flexibility index (Phi) is 2.78. The average Bonchev–Trinajstić information content (AvgIpc) is 2.56. The van der Waals surface area contributed by atoms with Gasteiger partial charge in [0.1, 0.15) is 11.7 Å². The van der Waals surface area contributed by atoms with Gasteiger partial charge in [-0.3, -0.25) is 9.59 Å². The van der Waals surface area contributed by atoms with Crippen LogP contribution in [0.1, 0.15) is 34.1 Å². The number of esters is 1. The minimum Gasteiger partial charge on any atom is -0.466 e. The van der Waals surface area contributed by atoms with Gasteiger partial charge in [0.25, 0.3) is 0 Å². The van der Waals surface area contributed by atoms with E-state index in [9.17, 15) is 9.59 Å². The molecule has 0 spiro atoms. The minimum atomic E-state index is -0.896. The first kappa shape index (κ1) is 12.5. The van der Waals surface area contributed by atoms with E-state index < -0.39 is 23.4 Å². The summed E-state index contributed by atoms with van der Waals surface area (Å²) in [6.07, 6.45) is -0.525. The monoisotopic (exact) mass is 242 g/mol. The molecule has 0 bridgehead atoms. The number of ether oxygens (including phenoxy) is 3. The SMILES string of the molecule is CCOC(=O)[C@H]1CC(=O)C2OC(C)(C)OC21C.